The molecule has 5 nitrogen and oxygen atoms in total. The van der Waals surface area contributed by atoms with Crippen LogP contribution in [0.25, 0.3) is 0 Å². The van der Waals surface area contributed by atoms with Gasteiger partial charge in [-0.1, -0.05) is 0 Å². The first-order valence-electron chi connectivity index (χ1n) is 6.06. The zero-order valence-electron chi connectivity index (χ0n) is 11.0. The van der Waals surface area contributed by atoms with Gasteiger partial charge in [0.2, 0.25) is 5.95 Å². The second-order valence-corrected chi connectivity index (χ2v) is 5.03. The van der Waals surface area contributed by atoms with Crippen molar-refractivity contribution in [2.24, 2.45) is 0 Å². The van der Waals surface area contributed by atoms with Crippen molar-refractivity contribution < 1.29 is 4.74 Å². The van der Waals surface area contributed by atoms with Crippen LogP contribution in [-0.2, 0) is 4.74 Å². The van der Waals surface area contributed by atoms with Crippen LogP contribution in [0.15, 0.2) is 12.3 Å². The van der Waals surface area contributed by atoms with Crippen molar-refractivity contribution in [3.63, 3.8) is 0 Å². The van der Waals surface area contributed by atoms with Gasteiger partial charge in [-0.15, -0.1) is 11.6 Å². The number of ether oxygens (including phenoxy) is 1. The van der Waals surface area contributed by atoms with Crippen LogP contribution >= 0.6 is 11.6 Å². The highest BCUT2D eigenvalue weighted by molar-refractivity contribution is 6.18. The van der Waals surface area contributed by atoms with Crippen molar-refractivity contribution in [3.8, 4) is 0 Å². The predicted molar refractivity (Wildman–Crippen MR) is 73.6 cm³/mol. The Labute approximate surface area is 113 Å². The predicted octanol–water partition coefficient (Wildman–Crippen LogP) is 1.38. The minimum absolute atomic E-state index is 0.0700. The molecule has 0 saturated carbocycles. The number of hydrogen-bond donors (Lipinski definition) is 0. The maximum atomic E-state index is 5.87. The molecule has 6 heteroatoms. The van der Waals surface area contributed by atoms with Crippen LogP contribution in [0.4, 0.5) is 11.8 Å². The van der Waals surface area contributed by atoms with Crippen molar-refractivity contribution in [2.45, 2.75) is 19.1 Å². The van der Waals surface area contributed by atoms with Crippen molar-refractivity contribution >= 4 is 23.4 Å². The highest BCUT2D eigenvalue weighted by Crippen LogP contribution is 2.21. The largest absolute Gasteiger partial charge is 0.373 e. The van der Waals surface area contributed by atoms with Gasteiger partial charge in [-0.2, -0.15) is 4.98 Å². The summed E-state index contributed by atoms with van der Waals surface area (Å²) >= 11 is 5.87. The Morgan fingerprint density at radius 2 is 2.33 bits per heavy atom. The number of morpholine rings is 1. The molecule has 2 atom stereocenters. The molecule has 1 aromatic heterocycles. The number of halogens is 1. The Bertz CT molecular complexity index is 401. The van der Waals surface area contributed by atoms with Gasteiger partial charge in [-0.05, 0) is 13.0 Å². The summed E-state index contributed by atoms with van der Waals surface area (Å²) in [6.07, 6.45) is 1.86. The molecule has 0 amide bonds. The maximum Gasteiger partial charge on any atom is 0.226 e. The Kier molecular flexibility index (Phi) is 4.24. The lowest BCUT2D eigenvalue weighted by atomic mass is 10.2. The molecular formula is C12H19ClN4O. The van der Waals surface area contributed by atoms with Crippen molar-refractivity contribution in [3.05, 3.63) is 12.3 Å². The van der Waals surface area contributed by atoms with E-state index in [1.54, 1.807) is 6.20 Å². The molecule has 18 heavy (non-hydrogen) atoms. The molecule has 1 fully saturated rings. The Hall–Kier alpha value is -1.07. The summed E-state index contributed by atoms with van der Waals surface area (Å²) in [5, 5.41) is 0. The third-order valence-electron chi connectivity index (χ3n) is 3.00. The number of anilines is 2. The molecule has 0 aliphatic carbocycles. The molecule has 2 rings (SSSR count). The van der Waals surface area contributed by atoms with Gasteiger partial charge in [-0.3, -0.25) is 0 Å². The second kappa shape index (κ2) is 5.71. The van der Waals surface area contributed by atoms with Crippen LogP contribution in [0.3, 0.4) is 0 Å². The summed E-state index contributed by atoms with van der Waals surface area (Å²) in [5.41, 5.74) is 0. The monoisotopic (exact) mass is 270 g/mol. The molecule has 100 valence electrons. The van der Waals surface area contributed by atoms with Crippen molar-refractivity contribution in [2.75, 3.05) is 42.9 Å². The van der Waals surface area contributed by atoms with Gasteiger partial charge in [0.05, 0.1) is 24.6 Å². The maximum absolute atomic E-state index is 5.87. The lowest BCUT2D eigenvalue weighted by Gasteiger charge is -2.38. The normalized spacial score (nSPS) is 24.1. The fourth-order valence-electron chi connectivity index (χ4n) is 1.94. The average molecular weight is 271 g/mol. The van der Waals surface area contributed by atoms with E-state index in [4.69, 9.17) is 16.3 Å². The zero-order chi connectivity index (χ0) is 13.1. The molecule has 0 bridgehead atoms. The molecule has 2 heterocycles. The van der Waals surface area contributed by atoms with Crippen molar-refractivity contribution in [1.82, 2.24) is 9.97 Å². The topological polar surface area (TPSA) is 41.5 Å². The Morgan fingerprint density at radius 1 is 1.56 bits per heavy atom. The first kappa shape index (κ1) is 13.4. The summed E-state index contributed by atoms with van der Waals surface area (Å²) in [7, 11) is 3.87. The minimum Gasteiger partial charge on any atom is -0.373 e. The number of rotatable bonds is 3. The molecule has 0 spiro atoms. The van der Waals surface area contributed by atoms with Gasteiger partial charge in [0.1, 0.15) is 5.82 Å². The Morgan fingerprint density at radius 3 is 3.00 bits per heavy atom. The first-order chi connectivity index (χ1) is 8.61. The van der Waals surface area contributed by atoms with Crippen LogP contribution < -0.4 is 9.80 Å². The van der Waals surface area contributed by atoms with E-state index in [2.05, 4.69) is 21.8 Å². The van der Waals surface area contributed by atoms with Gasteiger partial charge in [0, 0.05) is 26.8 Å². The molecule has 2 unspecified atom stereocenters. The molecule has 0 N–H and O–H groups in total. The quantitative estimate of drug-likeness (QED) is 0.776. The van der Waals surface area contributed by atoms with Gasteiger partial charge in [-0.25, -0.2) is 4.98 Å². The SMILES string of the molecule is CC1COC(CCl)CN1c1ccnc(N(C)C)n1. The lowest BCUT2D eigenvalue weighted by molar-refractivity contribution is 0.0361. The molecule has 1 aliphatic heterocycles. The first-order valence-corrected chi connectivity index (χ1v) is 6.60. The summed E-state index contributed by atoms with van der Waals surface area (Å²) in [6, 6.07) is 2.23. The third kappa shape index (κ3) is 2.84. The molecule has 1 saturated heterocycles. The standard InChI is InChI=1S/C12H19ClN4O/c1-9-8-18-10(6-13)7-17(9)11-4-5-14-12(15-11)16(2)3/h4-5,9-10H,6-8H2,1-3H3. The Balaban J connectivity index is 2.20. The van der Waals surface area contributed by atoms with Gasteiger partial charge in [0.25, 0.3) is 0 Å². The fourth-order valence-corrected chi connectivity index (χ4v) is 2.13. The molecule has 0 radical (unpaired) electrons. The van der Waals surface area contributed by atoms with E-state index < -0.39 is 0 Å². The summed E-state index contributed by atoms with van der Waals surface area (Å²) in [4.78, 5) is 12.9. The molecular weight excluding hydrogens is 252 g/mol. The smallest absolute Gasteiger partial charge is 0.226 e. The number of nitrogens with zero attached hydrogens (tertiary/aromatic N) is 4. The number of alkyl halides is 1. The highest BCUT2D eigenvalue weighted by atomic mass is 35.5. The van der Waals surface area contributed by atoms with E-state index >= 15 is 0 Å². The second-order valence-electron chi connectivity index (χ2n) is 4.72. The average Bonchev–Trinajstić information content (AvgIpc) is 2.39. The van der Waals surface area contributed by atoms with E-state index in [1.807, 2.05) is 25.1 Å². The van der Waals surface area contributed by atoms with Gasteiger partial charge >= 0.3 is 0 Å². The zero-order valence-corrected chi connectivity index (χ0v) is 11.8. The van der Waals surface area contributed by atoms with Gasteiger partial charge < -0.3 is 14.5 Å². The van der Waals surface area contributed by atoms with Crippen LogP contribution in [0.5, 0.6) is 0 Å². The van der Waals surface area contributed by atoms with Crippen LogP contribution in [0.1, 0.15) is 6.92 Å². The molecule has 1 aromatic rings. The highest BCUT2D eigenvalue weighted by Gasteiger charge is 2.26. The molecule has 1 aliphatic rings. The minimum atomic E-state index is 0.0700. The van der Waals surface area contributed by atoms with Crippen LogP contribution in [-0.4, -0.2) is 55.2 Å². The lowest BCUT2D eigenvalue weighted by Crippen LogP contribution is -2.49. The van der Waals surface area contributed by atoms with E-state index in [0.29, 0.717) is 24.5 Å². The third-order valence-corrected chi connectivity index (χ3v) is 3.34. The summed E-state index contributed by atoms with van der Waals surface area (Å²) in [6.45, 7) is 3.58. The fraction of sp³-hybridized carbons (Fsp3) is 0.667. The number of aromatic nitrogens is 2. The van der Waals surface area contributed by atoms with E-state index in [-0.39, 0.29) is 6.10 Å². The molecule has 0 aromatic carbocycles. The summed E-state index contributed by atoms with van der Waals surface area (Å²) < 4.78 is 5.64. The van der Waals surface area contributed by atoms with E-state index in [9.17, 15) is 0 Å². The number of hydrogen-bond acceptors (Lipinski definition) is 5. The van der Waals surface area contributed by atoms with E-state index in [0.717, 1.165) is 12.4 Å². The van der Waals surface area contributed by atoms with Crippen molar-refractivity contribution in [1.29, 1.82) is 0 Å². The van der Waals surface area contributed by atoms with Gasteiger partial charge in [0.15, 0.2) is 0 Å². The van der Waals surface area contributed by atoms with Crippen LogP contribution in [0.2, 0.25) is 0 Å². The summed E-state index contributed by atoms with van der Waals surface area (Å²) in [5.74, 6) is 2.16. The van der Waals surface area contributed by atoms with E-state index in [1.165, 1.54) is 0 Å². The van der Waals surface area contributed by atoms with Crippen LogP contribution in [0, 0.1) is 0 Å².